The highest BCUT2D eigenvalue weighted by Crippen LogP contribution is 2.24. The van der Waals surface area contributed by atoms with Crippen molar-refractivity contribution in [3.63, 3.8) is 0 Å². The van der Waals surface area contributed by atoms with Gasteiger partial charge in [-0.1, -0.05) is 30.2 Å². The second-order valence-electron chi connectivity index (χ2n) is 4.33. The van der Waals surface area contributed by atoms with E-state index in [1.54, 1.807) is 18.2 Å². The van der Waals surface area contributed by atoms with Crippen LogP contribution in [0.15, 0.2) is 18.2 Å². The van der Waals surface area contributed by atoms with E-state index in [0.29, 0.717) is 17.4 Å². The summed E-state index contributed by atoms with van der Waals surface area (Å²) >= 11 is 7.76. The molecule has 0 radical (unpaired) electrons. The van der Waals surface area contributed by atoms with Gasteiger partial charge in [-0.15, -0.1) is 0 Å². The molecular weight excluding hydrogens is 257 g/mol. The van der Waals surface area contributed by atoms with E-state index in [1.807, 2.05) is 11.8 Å². The Balaban J connectivity index is 1.79. The van der Waals surface area contributed by atoms with Crippen LogP contribution in [-0.2, 0) is 6.54 Å². The number of rotatable bonds is 4. The first kappa shape index (κ1) is 13.2. The molecule has 0 aromatic heterocycles. The maximum atomic E-state index is 13.6. The fraction of sp³-hybridized carbons (Fsp3) is 0.538. The predicted molar refractivity (Wildman–Crippen MR) is 73.2 cm³/mol. The van der Waals surface area contributed by atoms with E-state index in [-0.39, 0.29) is 10.8 Å². The molecule has 1 N–H and O–H groups in total. The lowest BCUT2D eigenvalue weighted by atomic mass is 10.1. The van der Waals surface area contributed by atoms with E-state index in [2.05, 4.69) is 5.32 Å². The fourth-order valence-electron chi connectivity index (χ4n) is 2.02. The average molecular weight is 274 g/mol. The van der Waals surface area contributed by atoms with Crippen LogP contribution in [0.3, 0.4) is 0 Å². The Hall–Kier alpha value is -0.250. The van der Waals surface area contributed by atoms with E-state index in [4.69, 9.17) is 11.6 Å². The normalized spacial score (nSPS) is 20.5. The maximum Gasteiger partial charge on any atom is 0.146 e. The lowest BCUT2D eigenvalue weighted by Gasteiger charge is -2.21. The third-order valence-electron chi connectivity index (χ3n) is 2.99. The minimum absolute atomic E-state index is 0.205. The van der Waals surface area contributed by atoms with Gasteiger partial charge in [0.05, 0.1) is 5.02 Å². The van der Waals surface area contributed by atoms with E-state index < -0.39 is 0 Å². The molecule has 2 rings (SSSR count). The molecule has 1 nitrogen and oxygen atoms in total. The van der Waals surface area contributed by atoms with Crippen molar-refractivity contribution in [1.82, 2.24) is 5.32 Å². The summed E-state index contributed by atoms with van der Waals surface area (Å²) < 4.78 is 13.6. The third kappa shape index (κ3) is 3.87. The van der Waals surface area contributed by atoms with E-state index in [1.165, 1.54) is 25.0 Å². The molecule has 1 aromatic carbocycles. The second-order valence-corrected chi connectivity index (χ2v) is 6.15. The molecule has 0 spiro atoms. The summed E-state index contributed by atoms with van der Waals surface area (Å²) in [6, 6.07) is 5.15. The van der Waals surface area contributed by atoms with Crippen molar-refractivity contribution in [3.8, 4) is 0 Å². The van der Waals surface area contributed by atoms with Crippen LogP contribution < -0.4 is 5.32 Å². The summed E-state index contributed by atoms with van der Waals surface area (Å²) in [4.78, 5) is 0. The molecule has 0 bridgehead atoms. The van der Waals surface area contributed by atoms with Gasteiger partial charge in [0.25, 0.3) is 0 Å². The number of hydrogen-bond donors (Lipinski definition) is 1. The van der Waals surface area contributed by atoms with Gasteiger partial charge in [-0.2, -0.15) is 11.8 Å². The highest BCUT2D eigenvalue weighted by molar-refractivity contribution is 7.99. The lowest BCUT2D eigenvalue weighted by molar-refractivity contribution is 0.568. The van der Waals surface area contributed by atoms with Gasteiger partial charge < -0.3 is 5.32 Å². The zero-order valence-electron chi connectivity index (χ0n) is 9.72. The van der Waals surface area contributed by atoms with Crippen LogP contribution in [0.1, 0.15) is 24.8 Å². The molecule has 17 heavy (non-hydrogen) atoms. The van der Waals surface area contributed by atoms with Gasteiger partial charge in [0.1, 0.15) is 5.82 Å². The molecule has 0 saturated carbocycles. The van der Waals surface area contributed by atoms with Gasteiger partial charge in [-0.3, -0.25) is 0 Å². The number of benzene rings is 1. The second kappa shape index (κ2) is 6.62. The third-order valence-corrected chi connectivity index (χ3v) is 4.68. The molecular formula is C13H17ClFNS. The highest BCUT2D eigenvalue weighted by atomic mass is 35.5. The molecule has 1 aliphatic rings. The molecule has 0 amide bonds. The minimum atomic E-state index is -0.294. The van der Waals surface area contributed by atoms with Crippen molar-refractivity contribution < 1.29 is 4.39 Å². The Labute approximate surface area is 111 Å². The van der Waals surface area contributed by atoms with Crippen molar-refractivity contribution in [2.24, 2.45) is 0 Å². The monoisotopic (exact) mass is 273 g/mol. The first-order valence-electron chi connectivity index (χ1n) is 6.02. The van der Waals surface area contributed by atoms with E-state index in [9.17, 15) is 4.39 Å². The number of nitrogens with one attached hydrogen (secondary N) is 1. The number of halogens is 2. The van der Waals surface area contributed by atoms with Gasteiger partial charge in [-0.25, -0.2) is 4.39 Å². The molecule has 1 fully saturated rings. The Morgan fingerprint density at radius 1 is 1.41 bits per heavy atom. The molecule has 1 heterocycles. The summed E-state index contributed by atoms with van der Waals surface area (Å²) in [5.74, 6) is 0.968. The zero-order chi connectivity index (χ0) is 12.1. The summed E-state index contributed by atoms with van der Waals surface area (Å²) in [5.41, 5.74) is 0.651. The van der Waals surface area contributed by atoms with Crippen molar-refractivity contribution >= 4 is 23.4 Å². The summed E-state index contributed by atoms with van der Waals surface area (Å²) in [6.45, 7) is 1.51. The van der Waals surface area contributed by atoms with Crippen LogP contribution in [0.5, 0.6) is 0 Å². The van der Waals surface area contributed by atoms with Crippen LogP contribution in [0.2, 0.25) is 5.02 Å². The first-order valence-corrected chi connectivity index (χ1v) is 7.45. The molecule has 0 aliphatic carbocycles. The molecule has 1 aliphatic heterocycles. The van der Waals surface area contributed by atoms with Gasteiger partial charge in [0.15, 0.2) is 0 Å². The smallest absolute Gasteiger partial charge is 0.146 e. The first-order chi connectivity index (χ1) is 8.27. The highest BCUT2D eigenvalue weighted by Gasteiger charge is 2.13. The van der Waals surface area contributed by atoms with Crippen LogP contribution in [0.4, 0.5) is 4.39 Å². The number of thioether (sulfide) groups is 1. The molecule has 1 saturated heterocycles. The van der Waals surface area contributed by atoms with E-state index >= 15 is 0 Å². The van der Waals surface area contributed by atoms with Crippen LogP contribution in [-0.4, -0.2) is 17.5 Å². The SMILES string of the molecule is Fc1c(Cl)cccc1CNCC1CCCCS1. The van der Waals surface area contributed by atoms with Crippen molar-refractivity contribution in [2.75, 3.05) is 12.3 Å². The predicted octanol–water partition coefficient (Wildman–Crippen LogP) is 3.85. The Morgan fingerprint density at radius 3 is 3.06 bits per heavy atom. The fourth-order valence-corrected chi connectivity index (χ4v) is 3.49. The summed E-state index contributed by atoms with van der Waals surface area (Å²) in [6.07, 6.45) is 3.94. The topological polar surface area (TPSA) is 12.0 Å². The van der Waals surface area contributed by atoms with Crippen LogP contribution in [0, 0.1) is 5.82 Å². The minimum Gasteiger partial charge on any atom is -0.311 e. The van der Waals surface area contributed by atoms with Gasteiger partial charge in [0, 0.05) is 23.9 Å². The average Bonchev–Trinajstić information content (AvgIpc) is 2.36. The molecule has 1 unspecified atom stereocenters. The quantitative estimate of drug-likeness (QED) is 0.894. The summed E-state index contributed by atoms with van der Waals surface area (Å²) in [7, 11) is 0. The van der Waals surface area contributed by atoms with Crippen molar-refractivity contribution in [2.45, 2.75) is 31.1 Å². The van der Waals surface area contributed by atoms with Gasteiger partial charge in [-0.05, 0) is 24.7 Å². The molecule has 1 atom stereocenters. The van der Waals surface area contributed by atoms with Gasteiger partial charge >= 0.3 is 0 Å². The number of hydrogen-bond acceptors (Lipinski definition) is 2. The summed E-state index contributed by atoms with van der Waals surface area (Å²) in [5, 5.41) is 4.21. The molecule has 1 aromatic rings. The van der Waals surface area contributed by atoms with Crippen LogP contribution in [0.25, 0.3) is 0 Å². The maximum absolute atomic E-state index is 13.6. The molecule has 94 valence electrons. The zero-order valence-corrected chi connectivity index (χ0v) is 11.3. The Bertz CT molecular complexity index is 366. The largest absolute Gasteiger partial charge is 0.311 e. The van der Waals surface area contributed by atoms with Crippen molar-refractivity contribution in [3.05, 3.63) is 34.6 Å². The standard InChI is InChI=1S/C13H17ClFNS/c14-12-6-3-4-10(13(12)15)8-16-9-11-5-1-2-7-17-11/h3-4,6,11,16H,1-2,5,7-9H2. The van der Waals surface area contributed by atoms with Gasteiger partial charge in [0.2, 0.25) is 0 Å². The lowest BCUT2D eigenvalue weighted by Crippen LogP contribution is -2.26. The van der Waals surface area contributed by atoms with Crippen molar-refractivity contribution in [1.29, 1.82) is 0 Å². The molecule has 4 heteroatoms. The van der Waals surface area contributed by atoms with Crippen LogP contribution >= 0.6 is 23.4 Å². The van der Waals surface area contributed by atoms with E-state index in [0.717, 1.165) is 6.54 Å². The Morgan fingerprint density at radius 2 is 2.29 bits per heavy atom. The Kier molecular flexibility index (Phi) is 5.14.